The summed E-state index contributed by atoms with van der Waals surface area (Å²) < 4.78 is 49.4. The first-order valence-corrected chi connectivity index (χ1v) is 5.96. The van der Waals surface area contributed by atoms with Crippen LogP contribution in [0, 0.1) is 0 Å². The van der Waals surface area contributed by atoms with Crippen LogP contribution in [0.1, 0.15) is 24.9 Å². The molecule has 0 heterocycles. The fraction of sp³-hybridized carbons (Fsp3) is 0.538. The van der Waals surface area contributed by atoms with Crippen LogP contribution in [0.25, 0.3) is 0 Å². The first-order valence-electron chi connectivity index (χ1n) is 5.96. The molecule has 0 aliphatic carbocycles. The van der Waals surface area contributed by atoms with Gasteiger partial charge in [-0.05, 0) is 19.0 Å². The Morgan fingerprint density at radius 1 is 1.21 bits per heavy atom. The molecule has 0 saturated heterocycles. The van der Waals surface area contributed by atoms with Crippen molar-refractivity contribution in [1.29, 1.82) is 0 Å². The van der Waals surface area contributed by atoms with Gasteiger partial charge in [-0.1, -0.05) is 19.1 Å². The Morgan fingerprint density at radius 3 is 2.37 bits per heavy atom. The van der Waals surface area contributed by atoms with Gasteiger partial charge in [0, 0.05) is 5.56 Å². The first-order chi connectivity index (χ1) is 8.95. The van der Waals surface area contributed by atoms with E-state index in [4.69, 9.17) is 9.47 Å². The molecule has 3 nitrogen and oxygen atoms in total. The Balaban J connectivity index is 3.21. The Bertz CT molecular complexity index is 407. The summed E-state index contributed by atoms with van der Waals surface area (Å²) in [6, 6.07) is 2.71. The number of ether oxygens (including phenoxy) is 2. The maximum Gasteiger partial charge on any atom is 0.408 e. The fourth-order valence-electron chi connectivity index (χ4n) is 1.83. The lowest BCUT2D eigenvalue weighted by molar-refractivity contribution is -0.158. The predicted octanol–water partition coefficient (Wildman–Crippen LogP) is 3.31. The lowest BCUT2D eigenvalue weighted by Gasteiger charge is -2.24. The zero-order valence-corrected chi connectivity index (χ0v) is 11.2. The fourth-order valence-corrected chi connectivity index (χ4v) is 1.83. The van der Waals surface area contributed by atoms with Gasteiger partial charge in [0.05, 0.1) is 14.2 Å². The molecular formula is C13H18F3NO2. The van der Waals surface area contributed by atoms with Crippen molar-refractivity contribution in [3.05, 3.63) is 23.8 Å². The van der Waals surface area contributed by atoms with Gasteiger partial charge in [0.25, 0.3) is 0 Å². The molecule has 1 unspecified atom stereocenters. The second kappa shape index (κ2) is 6.65. The number of para-hydroxylation sites is 1. The first kappa shape index (κ1) is 15.6. The molecule has 0 radical (unpaired) electrons. The number of halogens is 3. The average Bonchev–Trinajstić information content (AvgIpc) is 2.37. The van der Waals surface area contributed by atoms with E-state index in [1.54, 1.807) is 6.07 Å². The van der Waals surface area contributed by atoms with E-state index in [-0.39, 0.29) is 23.6 Å². The van der Waals surface area contributed by atoms with Crippen LogP contribution in [0.5, 0.6) is 11.5 Å². The van der Waals surface area contributed by atoms with Gasteiger partial charge in [-0.25, -0.2) is 0 Å². The van der Waals surface area contributed by atoms with Gasteiger partial charge in [0.1, 0.15) is 6.04 Å². The summed E-state index contributed by atoms with van der Waals surface area (Å²) in [5.74, 6) is 0.392. The molecule has 108 valence electrons. The van der Waals surface area contributed by atoms with E-state index < -0.39 is 12.2 Å². The molecule has 1 rings (SSSR count). The molecule has 0 spiro atoms. The van der Waals surface area contributed by atoms with Crippen molar-refractivity contribution in [2.24, 2.45) is 0 Å². The number of hydrogen-bond acceptors (Lipinski definition) is 3. The zero-order chi connectivity index (χ0) is 14.5. The molecule has 0 bridgehead atoms. The van der Waals surface area contributed by atoms with Crippen molar-refractivity contribution in [3.63, 3.8) is 0 Å². The van der Waals surface area contributed by atoms with Gasteiger partial charge >= 0.3 is 6.18 Å². The Hall–Kier alpha value is -1.43. The number of benzene rings is 1. The highest BCUT2D eigenvalue weighted by atomic mass is 19.4. The number of hydrogen-bond donors (Lipinski definition) is 1. The van der Waals surface area contributed by atoms with Gasteiger partial charge in [-0.3, -0.25) is 0 Å². The molecule has 6 heteroatoms. The molecule has 1 aromatic rings. The third kappa shape index (κ3) is 3.76. The molecule has 0 aliphatic heterocycles. The predicted molar refractivity (Wildman–Crippen MR) is 66.6 cm³/mol. The van der Waals surface area contributed by atoms with E-state index in [0.717, 1.165) is 0 Å². The molecule has 19 heavy (non-hydrogen) atoms. The normalized spacial score (nSPS) is 13.2. The van der Waals surface area contributed by atoms with Crippen LogP contribution in [-0.2, 0) is 0 Å². The minimum Gasteiger partial charge on any atom is -0.493 e. The highest BCUT2D eigenvalue weighted by Crippen LogP contribution is 2.41. The Kier molecular flexibility index (Phi) is 5.47. The Labute approximate surface area is 110 Å². The van der Waals surface area contributed by atoms with Crippen molar-refractivity contribution in [3.8, 4) is 11.5 Å². The van der Waals surface area contributed by atoms with Crippen molar-refractivity contribution >= 4 is 0 Å². The number of nitrogens with one attached hydrogen (secondary N) is 1. The lowest BCUT2D eigenvalue weighted by atomic mass is 10.0. The molecule has 1 N–H and O–H groups in total. The average molecular weight is 277 g/mol. The molecule has 0 fully saturated rings. The largest absolute Gasteiger partial charge is 0.493 e. The molecule has 1 aromatic carbocycles. The standard InChI is InChI=1S/C13H18F3NO2/c1-4-8-17-12(13(14,15)16)9-6-5-7-10(18-2)11(9)19-3/h5-7,12,17H,4,8H2,1-3H3. The molecule has 1 atom stereocenters. The summed E-state index contributed by atoms with van der Waals surface area (Å²) in [7, 11) is 2.72. The summed E-state index contributed by atoms with van der Waals surface area (Å²) in [5.41, 5.74) is 0.0304. The van der Waals surface area contributed by atoms with E-state index in [2.05, 4.69) is 5.32 Å². The SMILES string of the molecule is CCCNC(c1cccc(OC)c1OC)C(F)(F)F. The van der Waals surface area contributed by atoms with E-state index in [1.165, 1.54) is 26.4 Å². The minimum atomic E-state index is -4.39. The van der Waals surface area contributed by atoms with Gasteiger partial charge in [0.2, 0.25) is 0 Å². The summed E-state index contributed by atoms with van der Waals surface area (Å²) in [6.07, 6.45) is -3.78. The second-order valence-electron chi connectivity index (χ2n) is 4.01. The van der Waals surface area contributed by atoms with E-state index in [0.29, 0.717) is 6.42 Å². The smallest absolute Gasteiger partial charge is 0.408 e. The maximum absolute atomic E-state index is 13.1. The minimum absolute atomic E-state index is 0.0304. The third-order valence-electron chi connectivity index (χ3n) is 2.67. The topological polar surface area (TPSA) is 30.5 Å². The number of rotatable bonds is 6. The maximum atomic E-state index is 13.1. The van der Waals surface area contributed by atoms with Crippen molar-refractivity contribution < 1.29 is 22.6 Å². The third-order valence-corrected chi connectivity index (χ3v) is 2.67. The van der Waals surface area contributed by atoms with E-state index in [9.17, 15) is 13.2 Å². The summed E-state index contributed by atoms with van der Waals surface area (Å²) in [4.78, 5) is 0. The van der Waals surface area contributed by atoms with Gasteiger partial charge < -0.3 is 14.8 Å². The molecule has 0 saturated carbocycles. The molecule has 0 aromatic heterocycles. The molecule has 0 amide bonds. The summed E-state index contributed by atoms with van der Waals surface area (Å²) in [5, 5.41) is 2.49. The van der Waals surface area contributed by atoms with Crippen molar-refractivity contribution in [2.75, 3.05) is 20.8 Å². The monoisotopic (exact) mass is 277 g/mol. The molecular weight excluding hydrogens is 259 g/mol. The lowest BCUT2D eigenvalue weighted by Crippen LogP contribution is -2.34. The number of alkyl halides is 3. The van der Waals surface area contributed by atoms with Crippen molar-refractivity contribution in [1.82, 2.24) is 5.32 Å². The summed E-state index contributed by atoms with van der Waals surface area (Å²) in [6.45, 7) is 2.08. The highest BCUT2D eigenvalue weighted by molar-refractivity contribution is 5.48. The van der Waals surface area contributed by atoms with E-state index >= 15 is 0 Å². The van der Waals surface area contributed by atoms with Gasteiger partial charge in [-0.15, -0.1) is 0 Å². The van der Waals surface area contributed by atoms with E-state index in [1.807, 2.05) is 6.92 Å². The van der Waals surface area contributed by atoms with Crippen LogP contribution in [0.2, 0.25) is 0 Å². The van der Waals surface area contributed by atoms with Crippen LogP contribution in [0.3, 0.4) is 0 Å². The number of methoxy groups -OCH3 is 2. The molecule has 0 aliphatic rings. The highest BCUT2D eigenvalue weighted by Gasteiger charge is 2.42. The van der Waals surface area contributed by atoms with Gasteiger partial charge in [-0.2, -0.15) is 13.2 Å². The zero-order valence-electron chi connectivity index (χ0n) is 11.2. The van der Waals surface area contributed by atoms with Crippen LogP contribution in [0.15, 0.2) is 18.2 Å². The van der Waals surface area contributed by atoms with Gasteiger partial charge in [0.15, 0.2) is 11.5 Å². The quantitative estimate of drug-likeness (QED) is 0.865. The van der Waals surface area contributed by atoms with Crippen molar-refractivity contribution in [2.45, 2.75) is 25.6 Å². The summed E-state index contributed by atoms with van der Waals surface area (Å²) >= 11 is 0. The van der Waals surface area contributed by atoms with Crippen LogP contribution >= 0.6 is 0 Å². The van der Waals surface area contributed by atoms with Crippen LogP contribution in [0.4, 0.5) is 13.2 Å². The second-order valence-corrected chi connectivity index (χ2v) is 4.01. The van der Waals surface area contributed by atoms with Crippen LogP contribution < -0.4 is 14.8 Å². The Morgan fingerprint density at radius 2 is 1.89 bits per heavy atom. The van der Waals surface area contributed by atoms with Crippen LogP contribution in [-0.4, -0.2) is 26.9 Å².